The predicted molar refractivity (Wildman–Crippen MR) is 74.8 cm³/mol. The zero-order chi connectivity index (χ0) is 14.4. The molecule has 2 atom stereocenters. The standard InChI is InChI=1S/C15H23NO3/c1-10(2)9-11-3-5-12(6-4-11)15(19)13(16)7-8-14(17)18/h3-6,10,13,15,19H,7-9,16H2,1-2H3,(H,17,18). The Morgan fingerprint density at radius 1 is 1.26 bits per heavy atom. The Labute approximate surface area is 114 Å². The van der Waals surface area contributed by atoms with Crippen LogP contribution < -0.4 is 5.73 Å². The first-order valence-electron chi connectivity index (χ1n) is 6.64. The van der Waals surface area contributed by atoms with Gasteiger partial charge in [-0.1, -0.05) is 38.1 Å². The van der Waals surface area contributed by atoms with Crippen molar-refractivity contribution in [2.45, 2.75) is 45.3 Å². The third kappa shape index (κ3) is 5.41. The van der Waals surface area contributed by atoms with E-state index >= 15 is 0 Å². The molecule has 0 aliphatic carbocycles. The normalized spacial score (nSPS) is 14.4. The van der Waals surface area contributed by atoms with Crippen molar-refractivity contribution in [1.29, 1.82) is 0 Å². The second-order valence-electron chi connectivity index (χ2n) is 5.38. The molecule has 4 N–H and O–H groups in total. The summed E-state index contributed by atoms with van der Waals surface area (Å²) in [4.78, 5) is 10.5. The van der Waals surface area contributed by atoms with Gasteiger partial charge in [-0.15, -0.1) is 0 Å². The van der Waals surface area contributed by atoms with Gasteiger partial charge in [-0.05, 0) is 29.9 Å². The second-order valence-corrected chi connectivity index (χ2v) is 5.38. The maximum Gasteiger partial charge on any atom is 0.303 e. The summed E-state index contributed by atoms with van der Waals surface area (Å²) in [5.41, 5.74) is 7.77. The molecule has 0 bridgehead atoms. The number of aliphatic carboxylic acids is 1. The summed E-state index contributed by atoms with van der Waals surface area (Å²) in [6, 6.07) is 7.16. The van der Waals surface area contributed by atoms with Crippen LogP contribution in [0.2, 0.25) is 0 Å². The fourth-order valence-corrected chi connectivity index (χ4v) is 2.02. The number of aliphatic hydroxyl groups is 1. The van der Waals surface area contributed by atoms with Gasteiger partial charge >= 0.3 is 5.97 Å². The van der Waals surface area contributed by atoms with Gasteiger partial charge in [0.25, 0.3) is 0 Å². The molecule has 0 amide bonds. The number of nitrogens with two attached hydrogens (primary N) is 1. The summed E-state index contributed by atoms with van der Waals surface area (Å²) in [5.74, 6) is -0.302. The number of rotatable bonds is 7. The summed E-state index contributed by atoms with van der Waals surface area (Å²) in [6.45, 7) is 4.31. The lowest BCUT2D eigenvalue weighted by Crippen LogP contribution is -2.29. The molecule has 4 nitrogen and oxygen atoms in total. The molecule has 1 rings (SSSR count). The van der Waals surface area contributed by atoms with Gasteiger partial charge in [-0.25, -0.2) is 0 Å². The Balaban J connectivity index is 2.61. The van der Waals surface area contributed by atoms with E-state index in [4.69, 9.17) is 10.8 Å². The molecular weight excluding hydrogens is 242 g/mol. The Morgan fingerprint density at radius 3 is 2.32 bits per heavy atom. The zero-order valence-electron chi connectivity index (χ0n) is 11.5. The highest BCUT2D eigenvalue weighted by Crippen LogP contribution is 2.20. The van der Waals surface area contributed by atoms with Gasteiger partial charge < -0.3 is 15.9 Å². The van der Waals surface area contributed by atoms with E-state index in [1.54, 1.807) is 0 Å². The number of carbonyl (C=O) groups is 1. The summed E-state index contributed by atoms with van der Waals surface area (Å²) in [7, 11) is 0. The smallest absolute Gasteiger partial charge is 0.303 e. The number of carboxylic acids is 1. The van der Waals surface area contributed by atoms with Crippen molar-refractivity contribution >= 4 is 5.97 Å². The number of aliphatic hydroxyl groups excluding tert-OH is 1. The molecule has 19 heavy (non-hydrogen) atoms. The molecule has 4 heteroatoms. The highest BCUT2D eigenvalue weighted by molar-refractivity contribution is 5.66. The fourth-order valence-electron chi connectivity index (χ4n) is 2.02. The van der Waals surface area contributed by atoms with E-state index in [0.29, 0.717) is 5.92 Å². The van der Waals surface area contributed by atoms with Crippen LogP contribution >= 0.6 is 0 Å². The SMILES string of the molecule is CC(C)Cc1ccc(C(O)C(N)CCC(=O)O)cc1. The molecule has 0 fully saturated rings. The summed E-state index contributed by atoms with van der Waals surface area (Å²) >= 11 is 0. The lowest BCUT2D eigenvalue weighted by Gasteiger charge is -2.19. The summed E-state index contributed by atoms with van der Waals surface area (Å²) in [6.07, 6.45) is 0.433. The Bertz CT molecular complexity index is 400. The minimum Gasteiger partial charge on any atom is -0.481 e. The molecule has 1 aromatic carbocycles. The van der Waals surface area contributed by atoms with Crippen molar-refractivity contribution in [3.63, 3.8) is 0 Å². The van der Waals surface area contributed by atoms with Gasteiger partial charge in [-0.3, -0.25) is 4.79 Å². The third-order valence-electron chi connectivity index (χ3n) is 3.06. The average molecular weight is 265 g/mol. The van der Waals surface area contributed by atoms with Gasteiger partial charge in [-0.2, -0.15) is 0 Å². The van der Waals surface area contributed by atoms with Crippen LogP contribution in [0.5, 0.6) is 0 Å². The molecule has 0 radical (unpaired) electrons. The first kappa shape index (κ1) is 15.7. The molecule has 0 aliphatic rings. The van der Waals surface area contributed by atoms with E-state index < -0.39 is 18.1 Å². The molecule has 0 heterocycles. The van der Waals surface area contributed by atoms with Crippen LogP contribution in [0.15, 0.2) is 24.3 Å². The van der Waals surface area contributed by atoms with E-state index in [1.165, 1.54) is 5.56 Å². The number of hydrogen-bond donors (Lipinski definition) is 3. The lowest BCUT2D eigenvalue weighted by molar-refractivity contribution is -0.137. The van der Waals surface area contributed by atoms with Crippen molar-refractivity contribution in [3.05, 3.63) is 35.4 Å². The van der Waals surface area contributed by atoms with E-state index in [1.807, 2.05) is 24.3 Å². The molecule has 0 aliphatic heterocycles. The molecular formula is C15H23NO3. The van der Waals surface area contributed by atoms with Gasteiger partial charge in [0, 0.05) is 12.5 Å². The molecule has 0 saturated heterocycles. The van der Waals surface area contributed by atoms with Crippen molar-refractivity contribution in [1.82, 2.24) is 0 Å². The quantitative estimate of drug-likeness (QED) is 0.705. The predicted octanol–water partition coefficient (Wildman–Crippen LogP) is 2.11. The second kappa shape index (κ2) is 7.26. The molecule has 1 aromatic rings. The molecule has 106 valence electrons. The molecule has 2 unspecified atom stereocenters. The van der Waals surface area contributed by atoms with Crippen LogP contribution in [0, 0.1) is 5.92 Å². The maximum atomic E-state index is 10.5. The van der Waals surface area contributed by atoms with Crippen LogP contribution in [0.1, 0.15) is 43.9 Å². The lowest BCUT2D eigenvalue weighted by atomic mass is 9.96. The van der Waals surface area contributed by atoms with E-state index in [0.717, 1.165) is 12.0 Å². The van der Waals surface area contributed by atoms with Gasteiger partial charge in [0.15, 0.2) is 0 Å². The minimum absolute atomic E-state index is 0.0241. The largest absolute Gasteiger partial charge is 0.481 e. The number of carboxylic acid groups (broad SMARTS) is 1. The fraction of sp³-hybridized carbons (Fsp3) is 0.533. The molecule has 0 aromatic heterocycles. The van der Waals surface area contributed by atoms with Gasteiger partial charge in [0.2, 0.25) is 0 Å². The monoisotopic (exact) mass is 265 g/mol. The minimum atomic E-state index is -0.894. The average Bonchev–Trinajstić information content (AvgIpc) is 2.35. The Kier molecular flexibility index (Phi) is 5.99. The van der Waals surface area contributed by atoms with Crippen LogP contribution in [-0.4, -0.2) is 22.2 Å². The van der Waals surface area contributed by atoms with Crippen LogP contribution in [0.4, 0.5) is 0 Å². The number of benzene rings is 1. The van der Waals surface area contributed by atoms with Crippen molar-refractivity contribution in [3.8, 4) is 0 Å². The van der Waals surface area contributed by atoms with Gasteiger partial charge in [0.05, 0.1) is 6.10 Å². The topological polar surface area (TPSA) is 83.5 Å². The van der Waals surface area contributed by atoms with Crippen molar-refractivity contribution < 1.29 is 15.0 Å². The zero-order valence-corrected chi connectivity index (χ0v) is 11.5. The van der Waals surface area contributed by atoms with E-state index in [9.17, 15) is 9.90 Å². The number of hydrogen-bond acceptors (Lipinski definition) is 3. The third-order valence-corrected chi connectivity index (χ3v) is 3.06. The summed E-state index contributed by atoms with van der Waals surface area (Å²) < 4.78 is 0. The first-order chi connectivity index (χ1) is 8.90. The highest BCUT2D eigenvalue weighted by Gasteiger charge is 2.17. The Hall–Kier alpha value is -1.39. The molecule has 0 spiro atoms. The highest BCUT2D eigenvalue weighted by atomic mass is 16.4. The first-order valence-corrected chi connectivity index (χ1v) is 6.64. The summed E-state index contributed by atoms with van der Waals surface area (Å²) in [5, 5.41) is 18.7. The maximum absolute atomic E-state index is 10.5. The Morgan fingerprint density at radius 2 is 1.84 bits per heavy atom. The van der Waals surface area contributed by atoms with E-state index in [-0.39, 0.29) is 12.8 Å². The van der Waals surface area contributed by atoms with Crippen molar-refractivity contribution in [2.24, 2.45) is 11.7 Å². The van der Waals surface area contributed by atoms with E-state index in [2.05, 4.69) is 13.8 Å². The van der Waals surface area contributed by atoms with Crippen molar-refractivity contribution in [2.75, 3.05) is 0 Å². The van der Waals surface area contributed by atoms with Gasteiger partial charge in [0.1, 0.15) is 0 Å². The molecule has 0 saturated carbocycles. The van der Waals surface area contributed by atoms with Crippen LogP contribution in [0.3, 0.4) is 0 Å². The van der Waals surface area contributed by atoms with Crippen LogP contribution in [0.25, 0.3) is 0 Å². The van der Waals surface area contributed by atoms with Crippen LogP contribution in [-0.2, 0) is 11.2 Å².